The molecule has 1 atom stereocenters. The van der Waals surface area contributed by atoms with E-state index >= 15 is 0 Å². The SMILES string of the molecule is O=C(NCCCn1ccc2ccccc21)N1CCCC1c1ccsc1. The van der Waals surface area contributed by atoms with Crippen molar-refractivity contribution in [1.29, 1.82) is 0 Å². The Kier molecular flexibility index (Phi) is 4.74. The molecular formula is C20H23N3OS. The van der Waals surface area contributed by atoms with Crippen LogP contribution in [0.3, 0.4) is 0 Å². The Morgan fingerprint density at radius 3 is 3.04 bits per heavy atom. The minimum atomic E-state index is 0.0751. The third kappa shape index (κ3) is 3.42. The molecule has 1 saturated heterocycles. The maximum absolute atomic E-state index is 12.5. The molecule has 0 spiro atoms. The van der Waals surface area contributed by atoms with Crippen LogP contribution in [0.15, 0.2) is 53.4 Å². The Hall–Kier alpha value is -2.27. The van der Waals surface area contributed by atoms with Gasteiger partial charge in [0.2, 0.25) is 0 Å². The smallest absolute Gasteiger partial charge is 0.317 e. The van der Waals surface area contributed by atoms with Gasteiger partial charge >= 0.3 is 6.03 Å². The zero-order valence-corrected chi connectivity index (χ0v) is 15.0. The molecule has 1 N–H and O–H groups in total. The van der Waals surface area contributed by atoms with E-state index in [4.69, 9.17) is 0 Å². The molecule has 4 nitrogen and oxygen atoms in total. The van der Waals surface area contributed by atoms with Crippen molar-refractivity contribution in [2.75, 3.05) is 13.1 Å². The van der Waals surface area contributed by atoms with Gasteiger partial charge in [0.05, 0.1) is 6.04 Å². The number of benzene rings is 1. The van der Waals surface area contributed by atoms with E-state index in [9.17, 15) is 4.79 Å². The fraction of sp³-hybridized carbons (Fsp3) is 0.350. The highest BCUT2D eigenvalue weighted by molar-refractivity contribution is 7.08. The van der Waals surface area contributed by atoms with Crippen molar-refractivity contribution < 1.29 is 4.79 Å². The van der Waals surface area contributed by atoms with Crippen LogP contribution in [0.2, 0.25) is 0 Å². The van der Waals surface area contributed by atoms with Crippen LogP contribution in [0.4, 0.5) is 4.79 Å². The van der Waals surface area contributed by atoms with Gasteiger partial charge in [-0.3, -0.25) is 0 Å². The Balaban J connectivity index is 1.29. The molecule has 1 aliphatic rings. The summed E-state index contributed by atoms with van der Waals surface area (Å²) < 4.78 is 2.26. The molecule has 1 aromatic carbocycles. The van der Waals surface area contributed by atoms with E-state index in [-0.39, 0.29) is 12.1 Å². The normalized spacial score (nSPS) is 17.3. The molecule has 0 radical (unpaired) electrons. The van der Waals surface area contributed by atoms with Gasteiger partial charge in [-0.1, -0.05) is 18.2 Å². The summed E-state index contributed by atoms with van der Waals surface area (Å²) in [6.45, 7) is 2.48. The van der Waals surface area contributed by atoms with Gasteiger partial charge in [0.1, 0.15) is 0 Å². The van der Waals surface area contributed by atoms with Crippen LogP contribution in [0.25, 0.3) is 10.9 Å². The molecule has 3 aromatic rings. The monoisotopic (exact) mass is 353 g/mol. The van der Waals surface area contributed by atoms with Crippen LogP contribution < -0.4 is 5.32 Å². The zero-order chi connectivity index (χ0) is 17.1. The van der Waals surface area contributed by atoms with Gasteiger partial charge in [0, 0.05) is 31.3 Å². The summed E-state index contributed by atoms with van der Waals surface area (Å²) in [4.78, 5) is 14.5. The number of amides is 2. The number of fused-ring (bicyclic) bond motifs is 1. The van der Waals surface area contributed by atoms with Crippen molar-refractivity contribution in [3.8, 4) is 0 Å². The van der Waals surface area contributed by atoms with Crippen molar-refractivity contribution in [2.24, 2.45) is 0 Å². The summed E-state index contributed by atoms with van der Waals surface area (Å²) in [7, 11) is 0. The summed E-state index contributed by atoms with van der Waals surface area (Å²) in [6.07, 6.45) is 5.21. The lowest BCUT2D eigenvalue weighted by Gasteiger charge is -2.24. The molecule has 4 rings (SSSR count). The molecule has 0 aliphatic carbocycles. The average molecular weight is 353 g/mol. The van der Waals surface area contributed by atoms with Crippen molar-refractivity contribution in [1.82, 2.24) is 14.8 Å². The Labute approximate surface area is 152 Å². The quantitative estimate of drug-likeness (QED) is 0.667. The molecule has 1 fully saturated rings. The lowest BCUT2D eigenvalue weighted by atomic mass is 10.1. The number of nitrogens with zero attached hydrogens (tertiary/aromatic N) is 2. The van der Waals surface area contributed by atoms with E-state index in [2.05, 4.69) is 63.2 Å². The molecular weight excluding hydrogens is 330 g/mol. The van der Waals surface area contributed by atoms with Crippen molar-refractivity contribution in [2.45, 2.75) is 31.8 Å². The van der Waals surface area contributed by atoms with E-state index in [0.29, 0.717) is 6.54 Å². The summed E-state index contributed by atoms with van der Waals surface area (Å²) >= 11 is 1.70. The van der Waals surface area contributed by atoms with Crippen LogP contribution in [-0.4, -0.2) is 28.6 Å². The number of carbonyl (C=O) groups excluding carboxylic acids is 1. The standard InChI is InChI=1S/C20H23N3OS/c24-20(23-12-3-7-19(23)17-9-14-25-15-17)21-10-4-11-22-13-8-16-5-1-2-6-18(16)22/h1-2,5-6,8-9,13-15,19H,3-4,7,10-12H2,(H,21,24). The average Bonchev–Trinajstić information content (AvgIpc) is 3.38. The molecule has 5 heteroatoms. The van der Waals surface area contributed by atoms with Crippen LogP contribution in [-0.2, 0) is 6.54 Å². The first-order valence-corrected chi connectivity index (χ1v) is 9.87. The predicted octanol–water partition coefficient (Wildman–Crippen LogP) is 4.64. The molecule has 0 bridgehead atoms. The minimum Gasteiger partial charge on any atom is -0.347 e. The second kappa shape index (κ2) is 7.31. The van der Waals surface area contributed by atoms with Gasteiger partial charge in [-0.05, 0) is 59.2 Å². The fourth-order valence-electron chi connectivity index (χ4n) is 3.70. The highest BCUT2D eigenvalue weighted by atomic mass is 32.1. The summed E-state index contributed by atoms with van der Waals surface area (Å²) in [5.41, 5.74) is 2.53. The number of urea groups is 1. The third-order valence-corrected chi connectivity index (χ3v) is 5.68. The van der Waals surface area contributed by atoms with E-state index in [1.54, 1.807) is 11.3 Å². The summed E-state index contributed by atoms with van der Waals surface area (Å²) in [5, 5.41) is 8.62. The lowest BCUT2D eigenvalue weighted by Crippen LogP contribution is -2.40. The maximum Gasteiger partial charge on any atom is 0.317 e. The Morgan fingerprint density at radius 1 is 1.24 bits per heavy atom. The van der Waals surface area contributed by atoms with Crippen molar-refractivity contribution in [3.63, 3.8) is 0 Å². The number of aryl methyl sites for hydroxylation is 1. The van der Waals surface area contributed by atoms with E-state index < -0.39 is 0 Å². The first-order chi connectivity index (χ1) is 12.3. The first-order valence-electron chi connectivity index (χ1n) is 8.93. The predicted molar refractivity (Wildman–Crippen MR) is 103 cm³/mol. The summed E-state index contributed by atoms with van der Waals surface area (Å²) in [6, 6.07) is 13.0. The minimum absolute atomic E-state index is 0.0751. The molecule has 25 heavy (non-hydrogen) atoms. The van der Waals surface area contributed by atoms with Crippen molar-refractivity contribution in [3.05, 3.63) is 58.9 Å². The Bertz CT molecular complexity index is 840. The second-order valence-corrected chi connectivity index (χ2v) is 7.34. The third-order valence-electron chi connectivity index (χ3n) is 4.97. The van der Waals surface area contributed by atoms with Crippen LogP contribution >= 0.6 is 11.3 Å². The number of likely N-dealkylation sites (tertiary alicyclic amines) is 1. The number of hydrogen-bond acceptors (Lipinski definition) is 2. The Morgan fingerprint density at radius 2 is 2.16 bits per heavy atom. The number of aromatic nitrogens is 1. The molecule has 1 unspecified atom stereocenters. The maximum atomic E-state index is 12.5. The zero-order valence-electron chi connectivity index (χ0n) is 14.2. The van der Waals surface area contributed by atoms with E-state index in [1.165, 1.54) is 16.5 Å². The molecule has 130 valence electrons. The number of nitrogens with one attached hydrogen (secondary N) is 1. The van der Waals surface area contributed by atoms with E-state index in [1.807, 2.05) is 4.90 Å². The first kappa shape index (κ1) is 16.2. The van der Waals surface area contributed by atoms with Gasteiger partial charge in [-0.15, -0.1) is 0 Å². The number of carbonyl (C=O) groups is 1. The van der Waals surface area contributed by atoms with Gasteiger partial charge in [-0.2, -0.15) is 11.3 Å². The highest BCUT2D eigenvalue weighted by Crippen LogP contribution is 2.32. The topological polar surface area (TPSA) is 37.3 Å². The van der Waals surface area contributed by atoms with Crippen molar-refractivity contribution >= 4 is 28.3 Å². The highest BCUT2D eigenvalue weighted by Gasteiger charge is 2.29. The lowest BCUT2D eigenvalue weighted by molar-refractivity contribution is 0.193. The van der Waals surface area contributed by atoms with Gasteiger partial charge in [0.25, 0.3) is 0 Å². The van der Waals surface area contributed by atoms with Gasteiger partial charge in [-0.25, -0.2) is 4.79 Å². The number of para-hydroxylation sites is 1. The number of thiophene rings is 1. The second-order valence-electron chi connectivity index (χ2n) is 6.56. The van der Waals surface area contributed by atoms with Gasteiger partial charge < -0.3 is 14.8 Å². The van der Waals surface area contributed by atoms with Crippen LogP contribution in [0.5, 0.6) is 0 Å². The molecule has 0 saturated carbocycles. The summed E-state index contributed by atoms with van der Waals surface area (Å²) in [5.74, 6) is 0. The number of hydrogen-bond donors (Lipinski definition) is 1. The molecule has 2 amide bonds. The van der Waals surface area contributed by atoms with E-state index in [0.717, 1.165) is 32.4 Å². The number of rotatable bonds is 5. The van der Waals surface area contributed by atoms with Crippen LogP contribution in [0, 0.1) is 0 Å². The van der Waals surface area contributed by atoms with Crippen LogP contribution in [0.1, 0.15) is 30.9 Å². The van der Waals surface area contributed by atoms with Gasteiger partial charge in [0.15, 0.2) is 0 Å². The fourth-order valence-corrected chi connectivity index (χ4v) is 4.41. The largest absolute Gasteiger partial charge is 0.347 e. The molecule has 1 aliphatic heterocycles. The molecule has 3 heterocycles. The molecule has 2 aromatic heterocycles.